The summed E-state index contributed by atoms with van der Waals surface area (Å²) in [4.78, 5) is 0. The number of hydrogen-bond acceptors (Lipinski definition) is 2. The Morgan fingerprint density at radius 2 is 1.82 bits per heavy atom. The number of aryl methyl sites for hydroxylation is 1. The Labute approximate surface area is 102 Å². The van der Waals surface area contributed by atoms with Gasteiger partial charge in [0.15, 0.2) is 0 Å². The average molecular weight is 227 g/mol. The van der Waals surface area contributed by atoms with E-state index in [2.05, 4.69) is 6.92 Å². The first-order valence-corrected chi connectivity index (χ1v) is 5.91. The fourth-order valence-electron chi connectivity index (χ4n) is 1.76. The van der Waals surface area contributed by atoms with Gasteiger partial charge in [0.05, 0.1) is 0 Å². The molecule has 2 rings (SSSR count). The van der Waals surface area contributed by atoms with E-state index in [4.69, 9.17) is 10.5 Å². The Kier molecular flexibility index (Phi) is 3.66. The molecule has 0 radical (unpaired) electrons. The van der Waals surface area contributed by atoms with Crippen LogP contribution in [0.3, 0.4) is 0 Å². The number of ether oxygens (including phenoxy) is 1. The van der Waals surface area contributed by atoms with Gasteiger partial charge >= 0.3 is 0 Å². The lowest BCUT2D eigenvalue weighted by Gasteiger charge is -2.11. The maximum atomic E-state index is 5.86. The third-order valence-corrected chi connectivity index (χ3v) is 2.58. The highest BCUT2D eigenvalue weighted by atomic mass is 16.5. The molecule has 0 unspecified atom stereocenters. The molecular formula is C15H17NO. The predicted molar refractivity (Wildman–Crippen MR) is 71.4 cm³/mol. The fourth-order valence-corrected chi connectivity index (χ4v) is 1.76. The van der Waals surface area contributed by atoms with Crippen LogP contribution in [0, 0.1) is 0 Å². The Morgan fingerprint density at radius 3 is 2.53 bits per heavy atom. The fraction of sp³-hybridized carbons (Fsp3) is 0.200. The summed E-state index contributed by atoms with van der Waals surface area (Å²) in [5, 5.41) is 0. The largest absolute Gasteiger partial charge is 0.457 e. The molecule has 0 heterocycles. The van der Waals surface area contributed by atoms with Crippen LogP contribution in [0.5, 0.6) is 11.5 Å². The molecule has 2 aromatic rings. The van der Waals surface area contributed by atoms with E-state index in [0.29, 0.717) is 0 Å². The van der Waals surface area contributed by atoms with Crippen LogP contribution in [0.25, 0.3) is 0 Å². The lowest BCUT2D eigenvalue weighted by molar-refractivity contribution is 0.476. The van der Waals surface area contributed by atoms with Gasteiger partial charge in [0, 0.05) is 11.8 Å². The highest BCUT2D eigenvalue weighted by molar-refractivity contribution is 5.50. The average Bonchev–Trinajstić information content (AvgIpc) is 2.34. The number of para-hydroxylation sites is 1. The van der Waals surface area contributed by atoms with E-state index in [9.17, 15) is 0 Å². The Balaban J connectivity index is 2.27. The molecule has 0 amide bonds. The number of anilines is 1. The van der Waals surface area contributed by atoms with Gasteiger partial charge in [-0.2, -0.15) is 0 Å². The Hall–Kier alpha value is -1.96. The van der Waals surface area contributed by atoms with Crippen molar-refractivity contribution in [3.05, 3.63) is 54.1 Å². The molecule has 0 aromatic heterocycles. The molecule has 2 nitrogen and oxygen atoms in total. The van der Waals surface area contributed by atoms with Gasteiger partial charge in [0.1, 0.15) is 11.5 Å². The van der Waals surface area contributed by atoms with Crippen molar-refractivity contribution in [2.45, 2.75) is 19.8 Å². The maximum Gasteiger partial charge on any atom is 0.132 e. The van der Waals surface area contributed by atoms with Gasteiger partial charge in [-0.15, -0.1) is 0 Å². The number of nitrogen functional groups attached to an aromatic ring is 1. The summed E-state index contributed by atoms with van der Waals surface area (Å²) in [7, 11) is 0. The zero-order valence-corrected chi connectivity index (χ0v) is 10.0. The van der Waals surface area contributed by atoms with E-state index < -0.39 is 0 Å². The summed E-state index contributed by atoms with van der Waals surface area (Å²) in [5.41, 5.74) is 7.73. The van der Waals surface area contributed by atoms with Gasteiger partial charge in [0.2, 0.25) is 0 Å². The smallest absolute Gasteiger partial charge is 0.132 e. The van der Waals surface area contributed by atoms with Crippen molar-refractivity contribution in [2.24, 2.45) is 0 Å². The van der Waals surface area contributed by atoms with Gasteiger partial charge in [0.25, 0.3) is 0 Å². The molecule has 2 aromatic carbocycles. The van der Waals surface area contributed by atoms with Crippen LogP contribution in [0.4, 0.5) is 5.69 Å². The normalized spacial score (nSPS) is 10.2. The Bertz CT molecular complexity index is 480. The van der Waals surface area contributed by atoms with E-state index in [1.807, 2.05) is 48.5 Å². The van der Waals surface area contributed by atoms with Crippen molar-refractivity contribution < 1.29 is 4.74 Å². The number of nitrogens with two attached hydrogens (primary N) is 1. The van der Waals surface area contributed by atoms with Crippen LogP contribution >= 0.6 is 0 Å². The molecule has 0 fully saturated rings. The van der Waals surface area contributed by atoms with Crippen molar-refractivity contribution in [1.82, 2.24) is 0 Å². The van der Waals surface area contributed by atoms with Crippen LogP contribution in [0.1, 0.15) is 18.9 Å². The first kappa shape index (κ1) is 11.5. The van der Waals surface area contributed by atoms with Gasteiger partial charge in [-0.1, -0.05) is 37.6 Å². The molecule has 88 valence electrons. The third-order valence-electron chi connectivity index (χ3n) is 2.58. The van der Waals surface area contributed by atoms with E-state index >= 15 is 0 Å². The zero-order chi connectivity index (χ0) is 12.1. The summed E-state index contributed by atoms with van der Waals surface area (Å²) in [5.74, 6) is 1.70. The van der Waals surface area contributed by atoms with Crippen molar-refractivity contribution in [1.29, 1.82) is 0 Å². The summed E-state index contributed by atoms with van der Waals surface area (Å²) in [6, 6.07) is 15.6. The molecule has 17 heavy (non-hydrogen) atoms. The second-order valence-corrected chi connectivity index (χ2v) is 4.03. The molecule has 0 aliphatic rings. The second-order valence-electron chi connectivity index (χ2n) is 4.03. The molecule has 0 saturated heterocycles. The molecule has 0 atom stereocenters. The van der Waals surface area contributed by atoms with Gasteiger partial charge in [-0.3, -0.25) is 0 Å². The zero-order valence-electron chi connectivity index (χ0n) is 10.0. The molecule has 0 saturated carbocycles. The minimum Gasteiger partial charge on any atom is -0.457 e. The molecule has 2 N–H and O–H groups in total. The summed E-state index contributed by atoms with van der Waals surface area (Å²) >= 11 is 0. The quantitative estimate of drug-likeness (QED) is 0.801. The lowest BCUT2D eigenvalue weighted by atomic mass is 10.1. The summed E-state index contributed by atoms with van der Waals surface area (Å²) < 4.78 is 5.86. The molecule has 0 aliphatic heterocycles. The van der Waals surface area contributed by atoms with E-state index in [1.54, 1.807) is 0 Å². The third kappa shape index (κ3) is 3.00. The number of benzene rings is 2. The van der Waals surface area contributed by atoms with Gasteiger partial charge < -0.3 is 10.5 Å². The van der Waals surface area contributed by atoms with Crippen molar-refractivity contribution >= 4 is 5.69 Å². The molecule has 0 bridgehead atoms. The minimum absolute atomic E-state index is 0.732. The monoisotopic (exact) mass is 227 g/mol. The summed E-state index contributed by atoms with van der Waals surface area (Å²) in [6.07, 6.45) is 2.09. The lowest BCUT2D eigenvalue weighted by Crippen LogP contribution is -1.94. The van der Waals surface area contributed by atoms with Crippen molar-refractivity contribution in [2.75, 3.05) is 5.73 Å². The maximum absolute atomic E-state index is 5.86. The van der Waals surface area contributed by atoms with Gasteiger partial charge in [-0.25, -0.2) is 0 Å². The highest BCUT2D eigenvalue weighted by Crippen LogP contribution is 2.28. The van der Waals surface area contributed by atoms with Crippen LogP contribution in [0.2, 0.25) is 0 Å². The van der Waals surface area contributed by atoms with Crippen LogP contribution < -0.4 is 10.5 Å². The first-order valence-electron chi connectivity index (χ1n) is 5.91. The second kappa shape index (κ2) is 5.39. The SMILES string of the molecule is CCCc1ccc(N)cc1Oc1ccccc1. The number of hydrogen-bond donors (Lipinski definition) is 1. The van der Waals surface area contributed by atoms with E-state index in [1.165, 1.54) is 5.56 Å². The Morgan fingerprint density at radius 1 is 1.06 bits per heavy atom. The standard InChI is InChI=1S/C15H17NO/c1-2-6-12-9-10-13(16)11-15(12)17-14-7-4-3-5-8-14/h3-5,7-11H,2,6,16H2,1H3. The van der Waals surface area contributed by atoms with Gasteiger partial charge in [-0.05, 0) is 30.2 Å². The first-order chi connectivity index (χ1) is 8.29. The molecule has 0 spiro atoms. The van der Waals surface area contributed by atoms with Crippen molar-refractivity contribution in [3.63, 3.8) is 0 Å². The van der Waals surface area contributed by atoms with E-state index in [0.717, 1.165) is 30.0 Å². The number of rotatable bonds is 4. The molecule has 2 heteroatoms. The van der Waals surface area contributed by atoms with Crippen LogP contribution in [0.15, 0.2) is 48.5 Å². The van der Waals surface area contributed by atoms with Crippen molar-refractivity contribution in [3.8, 4) is 11.5 Å². The highest BCUT2D eigenvalue weighted by Gasteiger charge is 2.04. The molecule has 0 aliphatic carbocycles. The van der Waals surface area contributed by atoms with Crippen LogP contribution in [-0.4, -0.2) is 0 Å². The molecular weight excluding hydrogens is 210 g/mol. The summed E-state index contributed by atoms with van der Waals surface area (Å²) in [6.45, 7) is 2.16. The van der Waals surface area contributed by atoms with Crippen LogP contribution in [-0.2, 0) is 6.42 Å². The minimum atomic E-state index is 0.732. The predicted octanol–water partition coefficient (Wildman–Crippen LogP) is 4.01. The topological polar surface area (TPSA) is 35.2 Å². The van der Waals surface area contributed by atoms with E-state index in [-0.39, 0.29) is 0 Å².